The van der Waals surface area contributed by atoms with Gasteiger partial charge in [0.2, 0.25) is 15.9 Å². The number of anilines is 2. The molecule has 1 aliphatic rings. The third-order valence-corrected chi connectivity index (χ3v) is 5.97. The molecule has 0 spiro atoms. The number of piperidine rings is 1. The third-order valence-electron chi connectivity index (χ3n) is 4.83. The number of sulfonamides is 1. The van der Waals surface area contributed by atoms with Gasteiger partial charge in [0.1, 0.15) is 6.54 Å². The van der Waals surface area contributed by atoms with Crippen molar-refractivity contribution in [2.45, 2.75) is 39.5 Å². The van der Waals surface area contributed by atoms with E-state index in [2.05, 4.69) is 17.1 Å². The van der Waals surface area contributed by atoms with Crippen molar-refractivity contribution in [3.8, 4) is 0 Å². The Hall–Kier alpha value is -1.76. The second kappa shape index (κ2) is 9.26. The first-order valence-electron chi connectivity index (χ1n) is 9.40. The zero-order valence-corrected chi connectivity index (χ0v) is 16.9. The Morgan fingerprint density at radius 3 is 2.38 bits per heavy atom. The first kappa shape index (κ1) is 20.6. The van der Waals surface area contributed by atoms with E-state index in [1.165, 1.54) is 12.8 Å². The fourth-order valence-electron chi connectivity index (χ4n) is 3.09. The molecule has 1 saturated heterocycles. The summed E-state index contributed by atoms with van der Waals surface area (Å²) in [6, 6.07) is 7.46. The first-order chi connectivity index (χ1) is 12.3. The molecule has 0 saturated carbocycles. The molecule has 1 amide bonds. The molecule has 0 unspecified atom stereocenters. The zero-order valence-electron chi connectivity index (χ0n) is 16.1. The minimum absolute atomic E-state index is 0.191. The quantitative estimate of drug-likeness (QED) is 0.703. The highest BCUT2D eigenvalue weighted by Crippen LogP contribution is 2.26. The monoisotopic (exact) mass is 381 g/mol. The van der Waals surface area contributed by atoms with Crippen LogP contribution in [0.2, 0.25) is 0 Å². The summed E-state index contributed by atoms with van der Waals surface area (Å²) in [6.07, 6.45) is 5.34. The molecule has 0 aromatic heterocycles. The molecule has 1 fully saturated rings. The number of hydrogen-bond donors (Lipinski definition) is 1. The highest BCUT2D eigenvalue weighted by atomic mass is 32.2. The van der Waals surface area contributed by atoms with Crippen LogP contribution >= 0.6 is 0 Å². The van der Waals surface area contributed by atoms with E-state index < -0.39 is 10.0 Å². The molecule has 1 aromatic carbocycles. The van der Waals surface area contributed by atoms with E-state index in [9.17, 15) is 13.2 Å². The van der Waals surface area contributed by atoms with Gasteiger partial charge in [-0.15, -0.1) is 0 Å². The molecule has 146 valence electrons. The molecule has 6 nitrogen and oxygen atoms in total. The van der Waals surface area contributed by atoms with Gasteiger partial charge in [0.05, 0.1) is 11.9 Å². The Balaban J connectivity index is 2.07. The number of nitrogens with zero attached hydrogens (tertiary/aromatic N) is 2. The Morgan fingerprint density at radius 2 is 1.85 bits per heavy atom. The Morgan fingerprint density at radius 1 is 1.23 bits per heavy atom. The smallest absolute Gasteiger partial charge is 0.240 e. The Kier molecular flexibility index (Phi) is 7.32. The number of rotatable bonds is 8. The molecule has 1 aromatic rings. The van der Waals surface area contributed by atoms with Gasteiger partial charge in [0.15, 0.2) is 0 Å². The maximum Gasteiger partial charge on any atom is 0.240 e. The number of carbonyl (C=O) groups is 1. The molecule has 0 atom stereocenters. The van der Waals surface area contributed by atoms with Gasteiger partial charge in [-0.3, -0.25) is 9.10 Å². The molecule has 0 bridgehead atoms. The summed E-state index contributed by atoms with van der Waals surface area (Å²) in [5.74, 6) is 0.482. The van der Waals surface area contributed by atoms with Gasteiger partial charge in [-0.05, 0) is 49.4 Å². The van der Waals surface area contributed by atoms with Crippen molar-refractivity contribution in [1.29, 1.82) is 0 Å². The summed E-state index contributed by atoms with van der Waals surface area (Å²) in [5.41, 5.74) is 1.62. The number of benzene rings is 1. The standard InChI is InChI=1S/C19H31N3O3S/c1-4-5-12-20-19(23)15-22(26(3,24)25)18-8-6-17(7-9-18)21-13-10-16(2)11-14-21/h6-9,16H,4-5,10-15H2,1-3H3,(H,20,23). The number of carbonyl (C=O) groups excluding carboxylic acids is 1. The van der Waals surface area contributed by atoms with E-state index in [4.69, 9.17) is 0 Å². The molecule has 26 heavy (non-hydrogen) atoms. The van der Waals surface area contributed by atoms with Crippen LogP contribution in [0, 0.1) is 5.92 Å². The van der Waals surface area contributed by atoms with Crippen molar-refractivity contribution < 1.29 is 13.2 Å². The molecule has 7 heteroatoms. The van der Waals surface area contributed by atoms with E-state index in [1.807, 2.05) is 19.1 Å². The highest BCUT2D eigenvalue weighted by Gasteiger charge is 2.21. The summed E-state index contributed by atoms with van der Waals surface area (Å²) in [6.45, 7) is 6.74. The SMILES string of the molecule is CCCCNC(=O)CN(c1ccc(N2CCC(C)CC2)cc1)S(C)(=O)=O. The molecule has 0 aliphatic carbocycles. The first-order valence-corrected chi connectivity index (χ1v) is 11.3. The fourth-order valence-corrected chi connectivity index (χ4v) is 3.94. The molecular formula is C19H31N3O3S. The number of nitrogens with one attached hydrogen (secondary N) is 1. The van der Waals surface area contributed by atoms with Gasteiger partial charge in [-0.2, -0.15) is 0 Å². The van der Waals surface area contributed by atoms with E-state index in [1.54, 1.807) is 12.1 Å². The minimum Gasteiger partial charge on any atom is -0.372 e. The lowest BCUT2D eigenvalue weighted by molar-refractivity contribution is -0.119. The van der Waals surface area contributed by atoms with E-state index in [0.29, 0.717) is 12.2 Å². The van der Waals surface area contributed by atoms with Gasteiger partial charge in [0.25, 0.3) is 0 Å². The fraction of sp³-hybridized carbons (Fsp3) is 0.632. The zero-order chi connectivity index (χ0) is 19.2. The largest absolute Gasteiger partial charge is 0.372 e. The normalized spacial score (nSPS) is 15.7. The number of unbranched alkanes of at least 4 members (excludes halogenated alkanes) is 1. The van der Waals surface area contributed by atoms with Crippen molar-refractivity contribution in [2.75, 3.05) is 41.6 Å². The summed E-state index contributed by atoms with van der Waals surface area (Å²) in [7, 11) is -3.53. The number of amides is 1. The van der Waals surface area contributed by atoms with Crippen LogP contribution in [-0.2, 0) is 14.8 Å². The highest BCUT2D eigenvalue weighted by molar-refractivity contribution is 7.92. The van der Waals surface area contributed by atoms with Crippen molar-refractivity contribution in [3.63, 3.8) is 0 Å². The molecule has 2 rings (SSSR count). The van der Waals surface area contributed by atoms with Crippen LogP contribution in [0.15, 0.2) is 24.3 Å². The molecule has 0 radical (unpaired) electrons. The third kappa shape index (κ3) is 5.90. The maximum atomic E-state index is 12.2. The lowest BCUT2D eigenvalue weighted by Gasteiger charge is -2.32. The second-order valence-electron chi connectivity index (χ2n) is 7.16. The lowest BCUT2D eigenvalue weighted by atomic mass is 9.99. The molecule has 1 heterocycles. The Bertz CT molecular complexity index is 680. The summed E-state index contributed by atoms with van der Waals surface area (Å²) in [5, 5.41) is 2.77. The molecule has 1 N–H and O–H groups in total. The van der Waals surface area contributed by atoms with Gasteiger partial charge in [-0.25, -0.2) is 8.42 Å². The average molecular weight is 382 g/mol. The van der Waals surface area contributed by atoms with Crippen LogP contribution in [0.25, 0.3) is 0 Å². The van der Waals surface area contributed by atoms with Crippen molar-refractivity contribution in [1.82, 2.24) is 5.32 Å². The van der Waals surface area contributed by atoms with Crippen molar-refractivity contribution in [3.05, 3.63) is 24.3 Å². The minimum atomic E-state index is -3.53. The van der Waals surface area contributed by atoms with Crippen molar-refractivity contribution >= 4 is 27.3 Å². The predicted octanol–water partition coefficient (Wildman–Crippen LogP) is 2.61. The van der Waals surface area contributed by atoms with Crippen LogP contribution in [0.5, 0.6) is 0 Å². The summed E-state index contributed by atoms with van der Waals surface area (Å²) < 4.78 is 25.5. The van der Waals surface area contributed by atoms with Gasteiger partial charge in [0, 0.05) is 25.3 Å². The topological polar surface area (TPSA) is 69.7 Å². The van der Waals surface area contributed by atoms with Crippen LogP contribution in [0.1, 0.15) is 39.5 Å². The number of hydrogen-bond acceptors (Lipinski definition) is 4. The summed E-state index contributed by atoms with van der Waals surface area (Å²) >= 11 is 0. The Labute approximate surface area is 157 Å². The van der Waals surface area contributed by atoms with Crippen LogP contribution < -0.4 is 14.5 Å². The predicted molar refractivity (Wildman–Crippen MR) is 107 cm³/mol. The maximum absolute atomic E-state index is 12.2. The van der Waals surface area contributed by atoms with Crippen LogP contribution in [0.3, 0.4) is 0 Å². The van der Waals surface area contributed by atoms with Crippen LogP contribution in [0.4, 0.5) is 11.4 Å². The van der Waals surface area contributed by atoms with Crippen LogP contribution in [-0.4, -0.2) is 46.8 Å². The van der Waals surface area contributed by atoms with Gasteiger partial charge in [-0.1, -0.05) is 20.3 Å². The van der Waals surface area contributed by atoms with Crippen molar-refractivity contribution in [2.24, 2.45) is 5.92 Å². The molecule has 1 aliphatic heterocycles. The van der Waals surface area contributed by atoms with Gasteiger partial charge < -0.3 is 10.2 Å². The lowest BCUT2D eigenvalue weighted by Crippen LogP contribution is -2.40. The summed E-state index contributed by atoms with van der Waals surface area (Å²) in [4.78, 5) is 14.4. The average Bonchev–Trinajstić information content (AvgIpc) is 2.60. The molecular weight excluding hydrogens is 350 g/mol. The van der Waals surface area contributed by atoms with E-state index in [-0.39, 0.29) is 12.5 Å². The van der Waals surface area contributed by atoms with E-state index in [0.717, 1.165) is 48.1 Å². The van der Waals surface area contributed by atoms with Gasteiger partial charge >= 0.3 is 0 Å². The second-order valence-corrected chi connectivity index (χ2v) is 9.07. The van der Waals surface area contributed by atoms with E-state index >= 15 is 0 Å².